The summed E-state index contributed by atoms with van der Waals surface area (Å²) in [5.41, 5.74) is 8.01. The van der Waals surface area contributed by atoms with E-state index in [-0.39, 0.29) is 6.04 Å². The minimum atomic E-state index is 0.0719. The second kappa shape index (κ2) is 7.13. The van der Waals surface area contributed by atoms with Gasteiger partial charge in [-0.05, 0) is 31.9 Å². The number of nitrogens with zero attached hydrogens (tertiary/aromatic N) is 2. The van der Waals surface area contributed by atoms with Gasteiger partial charge < -0.3 is 15.2 Å². The lowest BCUT2D eigenvalue weighted by Gasteiger charge is -2.16. The fourth-order valence-corrected chi connectivity index (χ4v) is 2.20. The van der Waals surface area contributed by atoms with E-state index < -0.39 is 0 Å². The van der Waals surface area contributed by atoms with Gasteiger partial charge in [0.25, 0.3) is 0 Å². The summed E-state index contributed by atoms with van der Waals surface area (Å²) in [5.74, 6) is 1.54. The molecule has 1 atom stereocenters. The topological polar surface area (TPSA) is 62.3 Å². The van der Waals surface area contributed by atoms with Crippen molar-refractivity contribution in [1.29, 1.82) is 0 Å². The molecule has 2 N–H and O–H groups in total. The molecule has 0 saturated carbocycles. The van der Waals surface area contributed by atoms with Gasteiger partial charge in [0, 0.05) is 24.8 Å². The fourth-order valence-electron chi connectivity index (χ4n) is 2.20. The summed E-state index contributed by atoms with van der Waals surface area (Å²) in [4.78, 5) is 0. The first-order valence-electron chi connectivity index (χ1n) is 7.20. The summed E-state index contributed by atoms with van der Waals surface area (Å²) in [5, 5.41) is 4.14. The average molecular weight is 289 g/mol. The third-order valence-corrected chi connectivity index (χ3v) is 3.04. The molecule has 0 fully saturated rings. The van der Waals surface area contributed by atoms with Crippen LogP contribution in [-0.4, -0.2) is 22.4 Å². The Bertz CT molecular complexity index is 579. The first-order valence-corrected chi connectivity index (χ1v) is 7.20. The summed E-state index contributed by atoms with van der Waals surface area (Å²) in [6.07, 6.45) is 4.49. The molecule has 5 nitrogen and oxygen atoms in total. The molecule has 0 aliphatic rings. The third kappa shape index (κ3) is 4.23. The van der Waals surface area contributed by atoms with E-state index in [1.165, 1.54) is 0 Å². The molecule has 1 unspecified atom stereocenters. The summed E-state index contributed by atoms with van der Waals surface area (Å²) < 4.78 is 13.4. The van der Waals surface area contributed by atoms with Crippen LogP contribution in [0.5, 0.6) is 11.5 Å². The van der Waals surface area contributed by atoms with E-state index in [1.807, 2.05) is 45.3 Å². The minimum Gasteiger partial charge on any atom is -0.490 e. The van der Waals surface area contributed by atoms with Crippen LogP contribution in [-0.2, 0) is 20.1 Å². The highest BCUT2D eigenvalue weighted by Gasteiger charge is 2.13. The highest BCUT2D eigenvalue weighted by atomic mass is 16.5. The molecule has 114 valence electrons. The summed E-state index contributed by atoms with van der Waals surface area (Å²) >= 11 is 0. The van der Waals surface area contributed by atoms with Gasteiger partial charge >= 0.3 is 0 Å². The molecular weight excluding hydrogens is 266 g/mol. The van der Waals surface area contributed by atoms with E-state index in [2.05, 4.69) is 5.10 Å². The largest absolute Gasteiger partial charge is 0.490 e. The van der Waals surface area contributed by atoms with Crippen molar-refractivity contribution in [1.82, 2.24) is 9.78 Å². The van der Waals surface area contributed by atoms with E-state index in [1.54, 1.807) is 10.9 Å². The standard InChI is InChI=1S/C16H23N3O2/c1-4-20-15-7-5-6-14(8-12(2)17)16(15)21-11-13-9-18-19(3)10-13/h5-7,9-10,12H,4,8,11,17H2,1-3H3. The Morgan fingerprint density at radius 2 is 2.14 bits per heavy atom. The molecule has 2 rings (SSSR count). The first kappa shape index (κ1) is 15.4. The number of hydrogen-bond donors (Lipinski definition) is 1. The molecule has 0 spiro atoms. The van der Waals surface area contributed by atoms with Crippen molar-refractivity contribution >= 4 is 0 Å². The zero-order valence-electron chi connectivity index (χ0n) is 12.9. The van der Waals surface area contributed by atoms with E-state index in [9.17, 15) is 0 Å². The molecule has 1 aromatic carbocycles. The van der Waals surface area contributed by atoms with Gasteiger partial charge in [0.1, 0.15) is 6.61 Å². The van der Waals surface area contributed by atoms with Crippen molar-refractivity contribution in [2.24, 2.45) is 12.8 Å². The van der Waals surface area contributed by atoms with Crippen molar-refractivity contribution in [3.8, 4) is 11.5 Å². The lowest BCUT2D eigenvalue weighted by Crippen LogP contribution is -2.18. The van der Waals surface area contributed by atoms with Gasteiger partial charge in [-0.15, -0.1) is 0 Å². The predicted octanol–water partition coefficient (Wildman–Crippen LogP) is 2.29. The summed E-state index contributed by atoms with van der Waals surface area (Å²) in [6.45, 7) is 5.01. The van der Waals surface area contributed by atoms with Crippen molar-refractivity contribution in [2.45, 2.75) is 32.9 Å². The fraction of sp³-hybridized carbons (Fsp3) is 0.438. The second-order valence-corrected chi connectivity index (χ2v) is 5.17. The van der Waals surface area contributed by atoms with Crippen LogP contribution < -0.4 is 15.2 Å². The molecular formula is C16H23N3O2. The molecule has 0 aliphatic heterocycles. The van der Waals surface area contributed by atoms with Gasteiger partial charge in [-0.3, -0.25) is 4.68 Å². The number of aromatic nitrogens is 2. The number of rotatable bonds is 7. The number of para-hydroxylation sites is 1. The van der Waals surface area contributed by atoms with Crippen molar-refractivity contribution in [3.63, 3.8) is 0 Å². The second-order valence-electron chi connectivity index (χ2n) is 5.17. The van der Waals surface area contributed by atoms with Crippen LogP contribution >= 0.6 is 0 Å². The zero-order valence-corrected chi connectivity index (χ0v) is 12.9. The Morgan fingerprint density at radius 1 is 1.33 bits per heavy atom. The van der Waals surface area contributed by atoms with Crippen LogP contribution in [0.2, 0.25) is 0 Å². The average Bonchev–Trinajstić information content (AvgIpc) is 2.83. The number of hydrogen-bond acceptors (Lipinski definition) is 4. The van der Waals surface area contributed by atoms with E-state index in [0.717, 1.165) is 29.0 Å². The van der Waals surface area contributed by atoms with E-state index in [0.29, 0.717) is 13.2 Å². The monoisotopic (exact) mass is 289 g/mol. The molecule has 5 heteroatoms. The number of benzene rings is 1. The number of ether oxygens (including phenoxy) is 2. The molecule has 0 radical (unpaired) electrons. The Labute approximate surface area is 125 Å². The lowest BCUT2D eigenvalue weighted by atomic mass is 10.1. The van der Waals surface area contributed by atoms with Gasteiger partial charge in [-0.1, -0.05) is 12.1 Å². The zero-order chi connectivity index (χ0) is 15.2. The molecule has 1 heterocycles. The van der Waals surface area contributed by atoms with Crippen LogP contribution in [0.4, 0.5) is 0 Å². The van der Waals surface area contributed by atoms with Crippen molar-refractivity contribution < 1.29 is 9.47 Å². The highest BCUT2D eigenvalue weighted by molar-refractivity contribution is 5.47. The van der Waals surface area contributed by atoms with Gasteiger partial charge in [0.05, 0.1) is 12.8 Å². The molecule has 0 amide bonds. The summed E-state index contributed by atoms with van der Waals surface area (Å²) in [6, 6.07) is 6.00. The molecule has 2 aromatic rings. The van der Waals surface area contributed by atoms with Gasteiger partial charge in [0.2, 0.25) is 0 Å². The van der Waals surface area contributed by atoms with Crippen LogP contribution in [0.15, 0.2) is 30.6 Å². The van der Waals surface area contributed by atoms with Crippen molar-refractivity contribution in [3.05, 3.63) is 41.7 Å². The first-order chi connectivity index (χ1) is 10.1. The Hall–Kier alpha value is -2.01. The highest BCUT2D eigenvalue weighted by Crippen LogP contribution is 2.32. The number of nitrogens with two attached hydrogens (primary N) is 1. The smallest absolute Gasteiger partial charge is 0.164 e. The molecule has 1 aromatic heterocycles. The quantitative estimate of drug-likeness (QED) is 0.849. The normalized spacial score (nSPS) is 12.2. The molecule has 21 heavy (non-hydrogen) atoms. The SMILES string of the molecule is CCOc1cccc(CC(C)N)c1OCc1cnn(C)c1. The van der Waals surface area contributed by atoms with Gasteiger partial charge in [0.15, 0.2) is 11.5 Å². The maximum atomic E-state index is 5.99. The van der Waals surface area contributed by atoms with Crippen LogP contribution in [0.3, 0.4) is 0 Å². The maximum absolute atomic E-state index is 5.99. The maximum Gasteiger partial charge on any atom is 0.164 e. The van der Waals surface area contributed by atoms with Gasteiger partial charge in [-0.25, -0.2) is 0 Å². The minimum absolute atomic E-state index is 0.0719. The lowest BCUT2D eigenvalue weighted by molar-refractivity contribution is 0.266. The molecule has 0 aliphatic carbocycles. The Morgan fingerprint density at radius 3 is 2.76 bits per heavy atom. The third-order valence-electron chi connectivity index (χ3n) is 3.04. The summed E-state index contributed by atoms with van der Waals surface area (Å²) in [7, 11) is 1.89. The Balaban J connectivity index is 2.20. The van der Waals surface area contributed by atoms with Gasteiger partial charge in [-0.2, -0.15) is 5.10 Å². The van der Waals surface area contributed by atoms with Crippen molar-refractivity contribution in [2.75, 3.05) is 6.61 Å². The molecule has 0 bridgehead atoms. The predicted molar refractivity (Wildman–Crippen MR) is 82.5 cm³/mol. The molecule has 0 saturated heterocycles. The van der Waals surface area contributed by atoms with Crippen LogP contribution in [0, 0.1) is 0 Å². The van der Waals surface area contributed by atoms with E-state index in [4.69, 9.17) is 15.2 Å². The van der Waals surface area contributed by atoms with Crippen LogP contribution in [0.1, 0.15) is 25.0 Å². The Kier molecular flexibility index (Phi) is 5.22. The van der Waals surface area contributed by atoms with Crippen LogP contribution in [0.25, 0.3) is 0 Å². The number of aryl methyl sites for hydroxylation is 1. The van der Waals surface area contributed by atoms with E-state index >= 15 is 0 Å².